The minimum absolute atomic E-state index is 0.530. The summed E-state index contributed by atoms with van der Waals surface area (Å²) >= 11 is 1.55. The van der Waals surface area contributed by atoms with Crippen LogP contribution >= 0.6 is 11.3 Å². The molecule has 0 amide bonds. The molecular formula is C27H29N3O4S. The van der Waals surface area contributed by atoms with Crippen LogP contribution in [0.1, 0.15) is 49.1 Å². The number of aromatic nitrogens is 2. The fraction of sp³-hybridized carbons (Fsp3) is 0.370. The Hall–Kier alpha value is -3.07. The Labute approximate surface area is 208 Å². The first-order valence-corrected chi connectivity index (χ1v) is 12.4. The predicted molar refractivity (Wildman–Crippen MR) is 139 cm³/mol. The van der Waals surface area contributed by atoms with Gasteiger partial charge in [-0.3, -0.25) is 4.98 Å². The van der Waals surface area contributed by atoms with E-state index in [4.69, 9.17) is 19.4 Å². The third-order valence-corrected chi connectivity index (χ3v) is 7.36. The molecule has 0 spiro atoms. The first-order valence-electron chi connectivity index (χ1n) is 11.5. The van der Waals surface area contributed by atoms with Gasteiger partial charge in [0.15, 0.2) is 11.2 Å². The molecule has 0 bridgehead atoms. The Morgan fingerprint density at radius 3 is 2.57 bits per heavy atom. The first kappa shape index (κ1) is 23.7. The molecule has 2 aromatic heterocycles. The van der Waals surface area contributed by atoms with Crippen molar-refractivity contribution in [2.45, 2.75) is 52.6 Å². The van der Waals surface area contributed by atoms with Gasteiger partial charge >= 0.3 is 5.97 Å². The SMILES string of the molecule is Cc1cc2nc(N(C)C)sc2c(-c2ccc3c4c(ccnc24)COC3)c1[C@H](OC(C)(C)C)C(=O)O. The van der Waals surface area contributed by atoms with Gasteiger partial charge < -0.3 is 19.5 Å². The van der Waals surface area contributed by atoms with Crippen molar-refractivity contribution in [2.24, 2.45) is 0 Å². The summed E-state index contributed by atoms with van der Waals surface area (Å²) in [6, 6.07) is 8.05. The van der Waals surface area contributed by atoms with Gasteiger partial charge in [0.25, 0.3) is 0 Å². The zero-order chi connectivity index (χ0) is 25.1. The normalized spacial score (nSPS) is 14.5. The molecule has 0 fully saturated rings. The van der Waals surface area contributed by atoms with Crippen LogP contribution in [0.3, 0.4) is 0 Å². The van der Waals surface area contributed by atoms with E-state index >= 15 is 0 Å². The lowest BCUT2D eigenvalue weighted by Gasteiger charge is -2.28. The second kappa shape index (κ2) is 8.55. The van der Waals surface area contributed by atoms with Crippen molar-refractivity contribution < 1.29 is 19.4 Å². The molecular weight excluding hydrogens is 462 g/mol. The highest BCUT2D eigenvalue weighted by Crippen LogP contribution is 2.46. The van der Waals surface area contributed by atoms with Crippen molar-refractivity contribution in [3.05, 3.63) is 52.7 Å². The molecule has 182 valence electrons. The molecule has 8 heteroatoms. The van der Waals surface area contributed by atoms with Crippen LogP contribution in [0.25, 0.3) is 32.2 Å². The van der Waals surface area contributed by atoms with E-state index in [1.165, 1.54) is 0 Å². The number of aliphatic carboxylic acids is 1. The van der Waals surface area contributed by atoms with Gasteiger partial charge in [0, 0.05) is 42.4 Å². The minimum Gasteiger partial charge on any atom is -0.479 e. The molecule has 0 aliphatic carbocycles. The highest BCUT2D eigenvalue weighted by atomic mass is 32.1. The van der Waals surface area contributed by atoms with Crippen LogP contribution in [0.4, 0.5) is 5.13 Å². The number of rotatable bonds is 5. The fourth-order valence-corrected chi connectivity index (χ4v) is 5.75. The summed E-state index contributed by atoms with van der Waals surface area (Å²) in [4.78, 5) is 24.2. The summed E-state index contributed by atoms with van der Waals surface area (Å²) < 4.78 is 12.8. The average molecular weight is 492 g/mol. The number of benzene rings is 2. The average Bonchev–Trinajstić information content (AvgIpc) is 3.21. The van der Waals surface area contributed by atoms with E-state index in [0.29, 0.717) is 18.8 Å². The van der Waals surface area contributed by atoms with Gasteiger partial charge in [-0.1, -0.05) is 23.5 Å². The van der Waals surface area contributed by atoms with Crippen LogP contribution in [0.15, 0.2) is 30.5 Å². The number of carboxylic acids is 1. The molecule has 5 rings (SSSR count). The van der Waals surface area contributed by atoms with Crippen LogP contribution in [0.2, 0.25) is 0 Å². The van der Waals surface area contributed by atoms with Gasteiger partial charge in [-0.05, 0) is 56.5 Å². The quantitative estimate of drug-likeness (QED) is 0.374. The van der Waals surface area contributed by atoms with Crippen molar-refractivity contribution in [3.8, 4) is 11.1 Å². The Kier molecular flexibility index (Phi) is 5.78. The second-order valence-electron chi connectivity index (χ2n) is 10.1. The standard InChI is InChI=1S/C27H29N3O4S/c1-14-11-18-24(35-26(29-18)30(5)6)21(19(14)23(25(31)32)34-27(2,3)4)17-8-7-15-12-33-13-16-9-10-28-22(17)20(15)16/h7-11,23H,12-13H2,1-6H3,(H,31,32)/t23-/m0/s1. The molecule has 0 saturated carbocycles. The van der Waals surface area contributed by atoms with E-state index in [1.54, 1.807) is 17.5 Å². The topological polar surface area (TPSA) is 84.8 Å². The molecule has 7 nitrogen and oxygen atoms in total. The van der Waals surface area contributed by atoms with Crippen molar-refractivity contribution in [3.63, 3.8) is 0 Å². The highest BCUT2D eigenvalue weighted by molar-refractivity contribution is 7.22. The Morgan fingerprint density at radius 2 is 1.91 bits per heavy atom. The first-order chi connectivity index (χ1) is 16.5. The maximum absolute atomic E-state index is 12.6. The number of anilines is 1. The van der Waals surface area contributed by atoms with E-state index in [2.05, 4.69) is 6.07 Å². The molecule has 0 unspecified atom stereocenters. The number of nitrogens with zero attached hydrogens (tertiary/aromatic N) is 3. The van der Waals surface area contributed by atoms with Gasteiger partial charge in [0.2, 0.25) is 0 Å². The fourth-order valence-electron chi connectivity index (χ4n) is 4.71. The number of ether oxygens (including phenoxy) is 2. The van der Waals surface area contributed by atoms with Crippen LogP contribution in [-0.4, -0.2) is 40.7 Å². The number of pyridine rings is 1. The zero-order valence-corrected chi connectivity index (χ0v) is 21.6. The number of carbonyl (C=O) groups is 1. The van der Waals surface area contributed by atoms with E-state index in [-0.39, 0.29) is 0 Å². The number of carboxylic acid groups (broad SMARTS) is 1. The minimum atomic E-state index is -1.14. The maximum Gasteiger partial charge on any atom is 0.337 e. The number of hydrogen-bond donors (Lipinski definition) is 1. The summed E-state index contributed by atoms with van der Waals surface area (Å²) in [6.07, 6.45) is 0.651. The molecule has 1 atom stereocenters. The molecule has 4 aromatic rings. The summed E-state index contributed by atoms with van der Waals surface area (Å²) in [7, 11) is 3.91. The summed E-state index contributed by atoms with van der Waals surface area (Å²) in [5.41, 5.74) is 6.37. The van der Waals surface area contributed by atoms with E-state index in [1.807, 2.05) is 64.9 Å². The van der Waals surface area contributed by atoms with Gasteiger partial charge in [-0.25, -0.2) is 9.78 Å². The number of fused-ring (bicyclic) bond motifs is 1. The second-order valence-corrected chi connectivity index (χ2v) is 11.1. The molecule has 3 heterocycles. The number of aryl methyl sites for hydroxylation is 1. The van der Waals surface area contributed by atoms with Crippen LogP contribution in [-0.2, 0) is 27.5 Å². The maximum atomic E-state index is 12.6. The van der Waals surface area contributed by atoms with E-state index in [0.717, 1.165) is 54.1 Å². The summed E-state index contributed by atoms with van der Waals surface area (Å²) in [6.45, 7) is 8.61. The van der Waals surface area contributed by atoms with Gasteiger partial charge in [-0.15, -0.1) is 0 Å². The molecule has 1 N–H and O–H groups in total. The van der Waals surface area contributed by atoms with Crippen LogP contribution in [0.5, 0.6) is 0 Å². The third-order valence-electron chi connectivity index (χ3n) is 6.11. The van der Waals surface area contributed by atoms with Crippen molar-refractivity contribution in [2.75, 3.05) is 19.0 Å². The van der Waals surface area contributed by atoms with Gasteiger partial charge in [-0.2, -0.15) is 0 Å². The van der Waals surface area contributed by atoms with Gasteiger partial charge in [0.05, 0.1) is 34.5 Å². The number of hydrogen-bond acceptors (Lipinski definition) is 7. The predicted octanol–water partition coefficient (Wildman–Crippen LogP) is 5.86. The monoisotopic (exact) mass is 491 g/mol. The molecule has 0 saturated heterocycles. The molecule has 1 aliphatic heterocycles. The third kappa shape index (κ3) is 4.16. The van der Waals surface area contributed by atoms with Crippen molar-refractivity contribution in [1.29, 1.82) is 0 Å². The highest BCUT2D eigenvalue weighted by Gasteiger charge is 2.33. The van der Waals surface area contributed by atoms with Gasteiger partial charge in [0.1, 0.15) is 0 Å². The molecule has 0 radical (unpaired) electrons. The van der Waals surface area contributed by atoms with Crippen LogP contribution < -0.4 is 4.90 Å². The molecule has 35 heavy (non-hydrogen) atoms. The smallest absolute Gasteiger partial charge is 0.337 e. The lowest BCUT2D eigenvalue weighted by atomic mass is 9.88. The zero-order valence-electron chi connectivity index (χ0n) is 20.8. The van der Waals surface area contributed by atoms with E-state index in [9.17, 15) is 9.90 Å². The van der Waals surface area contributed by atoms with E-state index < -0.39 is 17.7 Å². The van der Waals surface area contributed by atoms with Crippen molar-refractivity contribution >= 4 is 43.6 Å². The van der Waals surface area contributed by atoms with Crippen molar-refractivity contribution in [1.82, 2.24) is 9.97 Å². The summed E-state index contributed by atoms with van der Waals surface area (Å²) in [5, 5.41) is 12.3. The lowest BCUT2D eigenvalue weighted by molar-refractivity contribution is -0.160. The largest absolute Gasteiger partial charge is 0.479 e. The summed E-state index contributed by atoms with van der Waals surface area (Å²) in [5.74, 6) is -1.02. The Balaban J connectivity index is 1.91. The lowest BCUT2D eigenvalue weighted by Crippen LogP contribution is -2.28. The number of thiazole rings is 1. The molecule has 2 aromatic carbocycles. The Bertz CT molecular complexity index is 1460. The van der Waals surface area contributed by atoms with Crippen LogP contribution in [0, 0.1) is 6.92 Å². The molecule has 1 aliphatic rings. The Morgan fingerprint density at radius 1 is 1.20 bits per heavy atom.